The standard InChI is InChI=1S/C12H28N3.CHF3O3S/c1-7-10-11-14(6)12(13(4)5)15(8-2)9-3;2-1(3,4)8(5,6)7/h7-11H2,1-6H3;(H,5,6,7)/q+1;/p-1. The largest absolute Gasteiger partial charge is 0.741 e. The van der Waals surface area contributed by atoms with Gasteiger partial charge in [-0.1, -0.05) is 13.3 Å². The Hall–Kier alpha value is -1.03. The third kappa shape index (κ3) is 9.65. The molecule has 0 aliphatic rings. The molecule has 0 bridgehead atoms. The molecule has 0 unspecified atom stereocenters. The molecule has 0 aliphatic heterocycles. The number of halogens is 3. The van der Waals surface area contributed by atoms with E-state index in [0.29, 0.717) is 0 Å². The molecule has 0 amide bonds. The maximum atomic E-state index is 10.7. The Morgan fingerprint density at radius 3 is 1.74 bits per heavy atom. The van der Waals surface area contributed by atoms with Gasteiger partial charge in [-0.05, 0) is 20.3 Å². The second kappa shape index (κ2) is 10.7. The molecule has 0 N–H and O–H groups in total. The average Bonchev–Trinajstić information content (AvgIpc) is 2.39. The molecule has 0 aromatic heterocycles. The van der Waals surface area contributed by atoms with Crippen molar-refractivity contribution in [3.05, 3.63) is 0 Å². The van der Waals surface area contributed by atoms with Crippen LogP contribution in [0.4, 0.5) is 13.2 Å². The van der Waals surface area contributed by atoms with E-state index in [4.69, 9.17) is 13.0 Å². The first-order chi connectivity index (χ1) is 10.3. The lowest BCUT2D eigenvalue weighted by molar-refractivity contribution is -0.476. The average molecular weight is 363 g/mol. The summed E-state index contributed by atoms with van der Waals surface area (Å²) < 4.78 is 61.1. The van der Waals surface area contributed by atoms with Crippen molar-refractivity contribution >= 4 is 16.1 Å². The lowest BCUT2D eigenvalue weighted by Gasteiger charge is -2.25. The number of rotatable bonds is 5. The van der Waals surface area contributed by atoms with E-state index >= 15 is 0 Å². The predicted molar refractivity (Wildman–Crippen MR) is 83.3 cm³/mol. The third-order valence-electron chi connectivity index (χ3n) is 2.92. The second-order valence-corrected chi connectivity index (χ2v) is 6.41. The van der Waals surface area contributed by atoms with Crippen molar-refractivity contribution < 1.29 is 30.7 Å². The summed E-state index contributed by atoms with van der Waals surface area (Å²) in [5.41, 5.74) is -5.65. The van der Waals surface area contributed by atoms with Gasteiger partial charge in [0.2, 0.25) is 0 Å². The van der Waals surface area contributed by atoms with E-state index in [0.717, 1.165) is 19.6 Å². The first kappa shape index (κ1) is 24.2. The topological polar surface area (TPSA) is 66.7 Å². The Labute approximate surface area is 137 Å². The van der Waals surface area contributed by atoms with Crippen LogP contribution in [0.15, 0.2) is 0 Å². The van der Waals surface area contributed by atoms with Crippen molar-refractivity contribution in [2.24, 2.45) is 0 Å². The number of nitrogens with zero attached hydrogens (tertiary/aromatic N) is 3. The third-order valence-corrected chi connectivity index (χ3v) is 3.49. The molecule has 0 aromatic carbocycles. The minimum absolute atomic E-state index is 1.07. The summed E-state index contributed by atoms with van der Waals surface area (Å²) in [6, 6.07) is 0. The maximum Gasteiger partial charge on any atom is 0.485 e. The van der Waals surface area contributed by atoms with Gasteiger partial charge in [0.1, 0.15) is 0 Å². The minimum Gasteiger partial charge on any atom is -0.741 e. The molecular weight excluding hydrogens is 335 g/mol. The lowest BCUT2D eigenvalue weighted by Crippen LogP contribution is -2.47. The van der Waals surface area contributed by atoms with E-state index in [1.165, 1.54) is 18.8 Å². The van der Waals surface area contributed by atoms with Crippen molar-refractivity contribution in [1.29, 1.82) is 0 Å². The van der Waals surface area contributed by atoms with E-state index in [1.54, 1.807) is 0 Å². The van der Waals surface area contributed by atoms with Gasteiger partial charge in [0, 0.05) is 0 Å². The van der Waals surface area contributed by atoms with Crippen LogP contribution < -0.4 is 0 Å². The zero-order valence-electron chi connectivity index (χ0n) is 14.6. The van der Waals surface area contributed by atoms with Crippen molar-refractivity contribution in [3.63, 3.8) is 0 Å². The van der Waals surface area contributed by atoms with Gasteiger partial charge in [0.05, 0.1) is 40.8 Å². The summed E-state index contributed by atoms with van der Waals surface area (Å²) in [6.45, 7) is 9.93. The quantitative estimate of drug-likeness (QED) is 0.245. The first-order valence-electron chi connectivity index (χ1n) is 7.35. The summed E-state index contributed by atoms with van der Waals surface area (Å²) in [5.74, 6) is 1.33. The van der Waals surface area contributed by atoms with Gasteiger partial charge in [0.15, 0.2) is 10.1 Å². The van der Waals surface area contributed by atoms with Gasteiger partial charge in [-0.2, -0.15) is 13.2 Å². The summed E-state index contributed by atoms with van der Waals surface area (Å²) in [7, 11) is 0.336. The number of alkyl halides is 3. The van der Waals surface area contributed by atoms with Gasteiger partial charge < -0.3 is 4.55 Å². The van der Waals surface area contributed by atoms with E-state index in [9.17, 15) is 13.2 Å². The Balaban J connectivity index is 0. The highest BCUT2D eigenvalue weighted by atomic mass is 32.2. The highest BCUT2D eigenvalue weighted by Gasteiger charge is 2.36. The molecular formula is C13H28F3N3O3S. The van der Waals surface area contributed by atoms with Crippen LogP contribution >= 0.6 is 0 Å². The van der Waals surface area contributed by atoms with Gasteiger partial charge in [-0.15, -0.1) is 0 Å². The Morgan fingerprint density at radius 1 is 1.13 bits per heavy atom. The van der Waals surface area contributed by atoms with Crippen molar-refractivity contribution in [1.82, 2.24) is 9.80 Å². The van der Waals surface area contributed by atoms with Gasteiger partial charge >= 0.3 is 11.5 Å². The summed E-state index contributed by atoms with van der Waals surface area (Å²) in [6.07, 6.45) is 2.51. The van der Waals surface area contributed by atoms with Crippen LogP contribution in [0.1, 0.15) is 33.6 Å². The van der Waals surface area contributed by atoms with E-state index in [2.05, 4.69) is 56.3 Å². The molecule has 0 radical (unpaired) electrons. The van der Waals surface area contributed by atoms with Gasteiger partial charge in [0.25, 0.3) is 0 Å². The van der Waals surface area contributed by atoms with Crippen LogP contribution in [0, 0.1) is 0 Å². The van der Waals surface area contributed by atoms with Crippen molar-refractivity contribution in [2.75, 3.05) is 40.8 Å². The SMILES string of the molecule is CCCCN(C)C(N(CC)CC)=[N+](C)C.O=S(=O)([O-])C(F)(F)F. The highest BCUT2D eigenvalue weighted by Crippen LogP contribution is 2.20. The highest BCUT2D eigenvalue weighted by molar-refractivity contribution is 7.86. The Kier molecular flexibility index (Phi) is 11.3. The van der Waals surface area contributed by atoms with Gasteiger partial charge in [-0.3, -0.25) is 14.4 Å². The van der Waals surface area contributed by atoms with Crippen LogP contribution in [0.25, 0.3) is 0 Å². The second-order valence-electron chi connectivity index (χ2n) is 5.04. The fourth-order valence-corrected chi connectivity index (χ4v) is 1.87. The summed E-state index contributed by atoms with van der Waals surface area (Å²) in [5, 5.41) is 0. The molecule has 0 saturated heterocycles. The number of unbranched alkanes of at least 4 members (excludes halogenated alkanes) is 1. The van der Waals surface area contributed by atoms with Crippen molar-refractivity contribution in [2.45, 2.75) is 39.1 Å². The Bertz CT molecular complexity index is 457. The molecule has 0 heterocycles. The number of guanidine groups is 1. The zero-order chi connectivity index (χ0) is 18.8. The summed E-state index contributed by atoms with van der Waals surface area (Å²) in [4.78, 5) is 4.76. The smallest absolute Gasteiger partial charge is 0.485 e. The monoisotopic (exact) mass is 363 g/mol. The molecule has 140 valence electrons. The van der Waals surface area contributed by atoms with Crippen LogP contribution in [-0.2, 0) is 10.1 Å². The van der Waals surface area contributed by atoms with Crippen LogP contribution in [0.3, 0.4) is 0 Å². The van der Waals surface area contributed by atoms with Gasteiger partial charge in [-0.25, -0.2) is 8.42 Å². The van der Waals surface area contributed by atoms with E-state index in [-0.39, 0.29) is 0 Å². The van der Waals surface area contributed by atoms with Crippen LogP contribution in [-0.4, -0.2) is 79.6 Å². The predicted octanol–water partition coefficient (Wildman–Crippen LogP) is 1.74. The molecule has 0 rings (SSSR count). The van der Waals surface area contributed by atoms with E-state index in [1.807, 2.05) is 0 Å². The molecule has 0 aromatic rings. The van der Waals surface area contributed by atoms with Crippen LogP contribution in [0.2, 0.25) is 0 Å². The minimum atomic E-state index is -6.09. The Morgan fingerprint density at radius 2 is 1.52 bits per heavy atom. The zero-order valence-corrected chi connectivity index (χ0v) is 15.5. The molecule has 0 fully saturated rings. The maximum absolute atomic E-state index is 10.7. The molecule has 0 aliphatic carbocycles. The molecule has 0 saturated carbocycles. The first-order valence-corrected chi connectivity index (χ1v) is 8.76. The van der Waals surface area contributed by atoms with Crippen LogP contribution in [0.5, 0.6) is 0 Å². The normalized spacial score (nSPS) is 11.4. The summed E-state index contributed by atoms with van der Waals surface area (Å²) >= 11 is 0. The fraction of sp³-hybridized carbons (Fsp3) is 0.923. The fourth-order valence-electron chi connectivity index (χ4n) is 1.87. The lowest BCUT2D eigenvalue weighted by atomic mass is 10.3. The molecule has 10 heteroatoms. The molecule has 23 heavy (non-hydrogen) atoms. The number of hydrogen-bond acceptors (Lipinski definition) is 3. The molecule has 0 atom stereocenters. The number of hydrogen-bond donors (Lipinski definition) is 0. The molecule has 6 nitrogen and oxygen atoms in total. The van der Waals surface area contributed by atoms with E-state index < -0.39 is 15.6 Å². The van der Waals surface area contributed by atoms with Crippen molar-refractivity contribution in [3.8, 4) is 0 Å². The molecule has 0 spiro atoms.